The molecule has 4 nitrogen and oxygen atoms in total. The summed E-state index contributed by atoms with van der Waals surface area (Å²) in [5.74, 6) is 0. The van der Waals surface area contributed by atoms with Crippen molar-refractivity contribution >= 4 is 0 Å². The van der Waals surface area contributed by atoms with Crippen molar-refractivity contribution in [2.75, 3.05) is 6.61 Å². The maximum Gasteiger partial charge on any atom is 0.111 e. The van der Waals surface area contributed by atoms with Gasteiger partial charge in [-0.25, -0.2) is 0 Å². The number of aliphatic hydroxyl groups is 3. The lowest BCUT2D eigenvalue weighted by Crippen LogP contribution is -2.33. The predicted molar refractivity (Wildman–Crippen MR) is 33.4 cm³/mol. The summed E-state index contributed by atoms with van der Waals surface area (Å²) in [6.45, 7) is 1.41. The van der Waals surface area contributed by atoms with Crippen LogP contribution < -0.4 is 0 Å². The lowest BCUT2D eigenvalue weighted by Gasteiger charge is -2.10. The van der Waals surface area contributed by atoms with Crippen LogP contribution in [-0.2, 0) is 4.74 Å². The van der Waals surface area contributed by atoms with Crippen LogP contribution in [0.3, 0.4) is 0 Å². The Balaban J connectivity index is 2.53. The standard InChI is InChI=1S/C6H12O4/c1-3-5(8)6(9)4(2-7)10-3/h3-9H,2H2,1H3/t3-,4-,5+,6?/m0/s1. The van der Waals surface area contributed by atoms with Crippen LogP contribution in [0, 0.1) is 0 Å². The van der Waals surface area contributed by atoms with E-state index >= 15 is 0 Å². The van der Waals surface area contributed by atoms with Crippen LogP contribution in [0.15, 0.2) is 0 Å². The topological polar surface area (TPSA) is 69.9 Å². The number of rotatable bonds is 1. The van der Waals surface area contributed by atoms with E-state index in [9.17, 15) is 0 Å². The van der Waals surface area contributed by atoms with E-state index in [0.717, 1.165) is 0 Å². The van der Waals surface area contributed by atoms with E-state index in [2.05, 4.69) is 0 Å². The van der Waals surface area contributed by atoms with Crippen molar-refractivity contribution in [3.8, 4) is 0 Å². The molecule has 0 saturated carbocycles. The van der Waals surface area contributed by atoms with E-state index in [1.165, 1.54) is 0 Å². The highest BCUT2D eigenvalue weighted by molar-refractivity contribution is 4.87. The van der Waals surface area contributed by atoms with Crippen LogP contribution in [0.2, 0.25) is 0 Å². The summed E-state index contributed by atoms with van der Waals surface area (Å²) < 4.78 is 4.98. The molecule has 0 aromatic carbocycles. The second-order valence-electron chi connectivity index (χ2n) is 2.54. The molecule has 0 aromatic rings. The quantitative estimate of drug-likeness (QED) is 0.422. The van der Waals surface area contributed by atoms with Gasteiger partial charge in [-0.05, 0) is 6.92 Å². The molecule has 1 unspecified atom stereocenters. The van der Waals surface area contributed by atoms with Gasteiger partial charge in [0.1, 0.15) is 18.3 Å². The monoisotopic (exact) mass is 148 g/mol. The third-order valence-electron chi connectivity index (χ3n) is 1.78. The Morgan fingerprint density at radius 2 is 1.90 bits per heavy atom. The molecule has 0 spiro atoms. The fraction of sp³-hybridized carbons (Fsp3) is 1.00. The molecule has 1 fully saturated rings. The largest absolute Gasteiger partial charge is 0.394 e. The van der Waals surface area contributed by atoms with Gasteiger partial charge in [-0.15, -0.1) is 0 Å². The molecule has 4 atom stereocenters. The molecular formula is C6H12O4. The van der Waals surface area contributed by atoms with E-state index in [-0.39, 0.29) is 12.7 Å². The summed E-state index contributed by atoms with van der Waals surface area (Å²) in [6.07, 6.45) is -2.81. The molecule has 0 amide bonds. The van der Waals surface area contributed by atoms with Gasteiger partial charge in [0.15, 0.2) is 0 Å². The maximum absolute atomic E-state index is 9.09. The Morgan fingerprint density at radius 3 is 2.10 bits per heavy atom. The summed E-state index contributed by atoms with van der Waals surface area (Å²) in [5.41, 5.74) is 0. The number of aliphatic hydroxyl groups excluding tert-OH is 3. The summed E-state index contributed by atoms with van der Waals surface area (Å²) in [6, 6.07) is 0. The third-order valence-corrected chi connectivity index (χ3v) is 1.78. The Kier molecular flexibility index (Phi) is 2.25. The van der Waals surface area contributed by atoms with Gasteiger partial charge >= 0.3 is 0 Å². The van der Waals surface area contributed by atoms with Gasteiger partial charge in [-0.2, -0.15) is 0 Å². The average Bonchev–Trinajstić information content (AvgIpc) is 2.17. The zero-order valence-electron chi connectivity index (χ0n) is 5.77. The van der Waals surface area contributed by atoms with Crippen molar-refractivity contribution in [3.05, 3.63) is 0 Å². The van der Waals surface area contributed by atoms with E-state index in [4.69, 9.17) is 20.1 Å². The van der Waals surface area contributed by atoms with Gasteiger partial charge in [0.25, 0.3) is 0 Å². The molecular weight excluding hydrogens is 136 g/mol. The summed E-state index contributed by atoms with van der Waals surface area (Å²) >= 11 is 0. The lowest BCUT2D eigenvalue weighted by molar-refractivity contribution is -0.0171. The highest BCUT2D eigenvalue weighted by Crippen LogP contribution is 2.19. The van der Waals surface area contributed by atoms with Crippen LogP contribution >= 0.6 is 0 Å². The summed E-state index contributed by atoms with van der Waals surface area (Å²) in [5, 5.41) is 26.8. The minimum absolute atomic E-state index is 0.247. The molecule has 10 heavy (non-hydrogen) atoms. The lowest BCUT2D eigenvalue weighted by atomic mass is 10.1. The molecule has 1 saturated heterocycles. The van der Waals surface area contributed by atoms with Gasteiger partial charge in [0.2, 0.25) is 0 Å². The fourth-order valence-corrected chi connectivity index (χ4v) is 1.09. The Bertz CT molecular complexity index is 116. The average molecular weight is 148 g/mol. The van der Waals surface area contributed by atoms with Crippen molar-refractivity contribution in [2.45, 2.75) is 31.3 Å². The Labute approximate surface area is 59.1 Å². The minimum Gasteiger partial charge on any atom is -0.394 e. The normalized spacial score (nSPS) is 48.0. The predicted octanol–water partition coefficient (Wildman–Crippen LogP) is -1.51. The van der Waals surface area contributed by atoms with E-state index in [1.807, 2.05) is 0 Å². The Morgan fingerprint density at radius 1 is 1.30 bits per heavy atom. The van der Waals surface area contributed by atoms with Crippen molar-refractivity contribution in [1.29, 1.82) is 0 Å². The van der Waals surface area contributed by atoms with Crippen LogP contribution in [-0.4, -0.2) is 46.3 Å². The van der Waals surface area contributed by atoms with Crippen molar-refractivity contribution in [3.63, 3.8) is 0 Å². The highest BCUT2D eigenvalue weighted by Gasteiger charge is 2.39. The molecule has 0 bridgehead atoms. The molecule has 0 aliphatic carbocycles. The molecule has 1 aliphatic rings. The summed E-state index contributed by atoms with van der Waals surface area (Å²) in [4.78, 5) is 0. The molecule has 1 heterocycles. The molecule has 4 heteroatoms. The molecule has 0 radical (unpaired) electrons. The zero-order chi connectivity index (χ0) is 7.72. The second kappa shape index (κ2) is 2.84. The highest BCUT2D eigenvalue weighted by atomic mass is 16.5. The zero-order valence-corrected chi connectivity index (χ0v) is 5.77. The molecule has 3 N–H and O–H groups in total. The minimum atomic E-state index is -0.944. The van der Waals surface area contributed by atoms with Gasteiger partial charge in [-0.1, -0.05) is 0 Å². The van der Waals surface area contributed by atoms with Crippen LogP contribution in [0.1, 0.15) is 6.92 Å². The fourth-order valence-electron chi connectivity index (χ4n) is 1.09. The molecule has 60 valence electrons. The number of hydrogen-bond acceptors (Lipinski definition) is 4. The first kappa shape index (κ1) is 7.94. The Hall–Kier alpha value is -0.160. The van der Waals surface area contributed by atoms with Crippen LogP contribution in [0.5, 0.6) is 0 Å². The van der Waals surface area contributed by atoms with Crippen LogP contribution in [0.25, 0.3) is 0 Å². The smallest absolute Gasteiger partial charge is 0.111 e. The van der Waals surface area contributed by atoms with Crippen molar-refractivity contribution < 1.29 is 20.1 Å². The van der Waals surface area contributed by atoms with E-state index < -0.39 is 18.3 Å². The first-order chi connectivity index (χ1) is 4.66. The maximum atomic E-state index is 9.09. The van der Waals surface area contributed by atoms with Crippen LogP contribution in [0.4, 0.5) is 0 Å². The van der Waals surface area contributed by atoms with E-state index in [0.29, 0.717) is 0 Å². The molecule has 1 aliphatic heterocycles. The van der Waals surface area contributed by atoms with E-state index in [1.54, 1.807) is 6.92 Å². The third kappa shape index (κ3) is 1.15. The number of ether oxygens (including phenoxy) is 1. The first-order valence-electron chi connectivity index (χ1n) is 3.29. The SMILES string of the molecule is C[C@@H]1O[C@@H](CO)C(O)[C@@H]1O. The second-order valence-corrected chi connectivity index (χ2v) is 2.54. The molecule has 0 aromatic heterocycles. The molecule has 1 rings (SSSR count). The van der Waals surface area contributed by atoms with Gasteiger partial charge in [0.05, 0.1) is 12.7 Å². The van der Waals surface area contributed by atoms with Crippen molar-refractivity contribution in [1.82, 2.24) is 0 Å². The summed E-state index contributed by atoms with van der Waals surface area (Å²) in [7, 11) is 0. The number of hydrogen-bond donors (Lipinski definition) is 3. The van der Waals surface area contributed by atoms with Gasteiger partial charge in [0, 0.05) is 0 Å². The van der Waals surface area contributed by atoms with Gasteiger partial charge < -0.3 is 20.1 Å². The first-order valence-corrected chi connectivity index (χ1v) is 3.29. The van der Waals surface area contributed by atoms with Gasteiger partial charge in [-0.3, -0.25) is 0 Å². The van der Waals surface area contributed by atoms with Crippen molar-refractivity contribution in [2.24, 2.45) is 0 Å².